The molecule has 38 heavy (non-hydrogen) atoms. The van der Waals surface area contributed by atoms with Crippen LogP contribution < -0.4 is 10.2 Å². The van der Waals surface area contributed by atoms with Gasteiger partial charge in [-0.25, -0.2) is 29.6 Å². The molecule has 1 aliphatic heterocycles. The van der Waals surface area contributed by atoms with E-state index in [-0.39, 0.29) is 11.9 Å². The molecule has 0 amide bonds. The molecule has 1 saturated heterocycles. The van der Waals surface area contributed by atoms with Crippen LogP contribution in [0.2, 0.25) is 0 Å². The number of anilines is 3. The first-order valence-corrected chi connectivity index (χ1v) is 11.8. The molecule has 0 saturated carbocycles. The van der Waals surface area contributed by atoms with Crippen molar-refractivity contribution in [1.82, 2.24) is 49.3 Å². The van der Waals surface area contributed by atoms with Gasteiger partial charge in [0.15, 0.2) is 11.6 Å². The number of rotatable bonds is 5. The number of alkyl halides is 3. The summed E-state index contributed by atoms with van der Waals surface area (Å²) >= 11 is 0. The van der Waals surface area contributed by atoms with E-state index < -0.39 is 11.7 Å². The maximum absolute atomic E-state index is 12.8. The quantitative estimate of drug-likeness (QED) is 0.367. The first-order chi connectivity index (χ1) is 18.4. The Hall–Kier alpha value is -4.69. The van der Waals surface area contributed by atoms with Crippen molar-refractivity contribution >= 4 is 23.1 Å². The molecule has 0 aromatic carbocycles. The van der Waals surface area contributed by atoms with Gasteiger partial charge in [0.1, 0.15) is 18.5 Å². The molecule has 6 rings (SSSR count). The second-order valence-corrected chi connectivity index (χ2v) is 8.83. The van der Waals surface area contributed by atoms with Crippen LogP contribution in [0.4, 0.5) is 30.6 Å². The van der Waals surface area contributed by atoms with Crippen molar-refractivity contribution in [2.24, 2.45) is 0 Å². The summed E-state index contributed by atoms with van der Waals surface area (Å²) < 4.78 is 41.9. The minimum atomic E-state index is -4.46. The van der Waals surface area contributed by atoms with Crippen molar-refractivity contribution in [1.29, 1.82) is 0 Å². The fourth-order valence-corrected chi connectivity index (χ4v) is 4.44. The third kappa shape index (κ3) is 4.46. The molecule has 15 heteroatoms. The number of hydrogen-bond acceptors (Lipinski definition) is 10. The molecule has 0 spiro atoms. The third-order valence-corrected chi connectivity index (χ3v) is 6.44. The largest absolute Gasteiger partial charge is 0.419 e. The third-order valence-electron chi connectivity index (χ3n) is 6.44. The molecule has 0 radical (unpaired) electrons. The Morgan fingerprint density at radius 1 is 1.03 bits per heavy atom. The highest BCUT2D eigenvalue weighted by atomic mass is 19.4. The fourth-order valence-electron chi connectivity index (χ4n) is 4.44. The average molecular weight is 522 g/mol. The molecule has 5 aromatic heterocycles. The Labute approximate surface area is 213 Å². The molecule has 1 aliphatic rings. The molecule has 6 heterocycles. The lowest BCUT2D eigenvalue weighted by Gasteiger charge is -2.31. The van der Waals surface area contributed by atoms with E-state index in [0.29, 0.717) is 30.4 Å². The monoisotopic (exact) mass is 522 g/mol. The zero-order valence-electron chi connectivity index (χ0n) is 20.1. The van der Waals surface area contributed by atoms with Crippen LogP contribution in [-0.2, 0) is 6.18 Å². The van der Waals surface area contributed by atoms with Gasteiger partial charge < -0.3 is 10.2 Å². The predicted molar refractivity (Wildman–Crippen MR) is 129 cm³/mol. The average Bonchev–Trinajstić information content (AvgIpc) is 3.61. The molecule has 1 N–H and O–H groups in total. The summed E-state index contributed by atoms with van der Waals surface area (Å²) in [6.07, 6.45) is 5.16. The van der Waals surface area contributed by atoms with Crippen LogP contribution in [0.5, 0.6) is 0 Å². The first kappa shape index (κ1) is 23.7. The fraction of sp³-hybridized carbons (Fsp3) is 0.304. The van der Waals surface area contributed by atoms with Crippen LogP contribution in [0.15, 0.2) is 49.6 Å². The van der Waals surface area contributed by atoms with Crippen molar-refractivity contribution in [3.05, 3.63) is 66.7 Å². The summed E-state index contributed by atoms with van der Waals surface area (Å²) in [4.78, 5) is 22.7. The standard InChI is InChI=1S/C23H21F3N12/c1-14-17(2-3-18(32-14)38-13-27-12-31-38)33-19-21-35-34-20(37(21)9-6-28-19)15-4-7-36(8-5-15)22-29-10-16(11-30-22)23(24,25)26/h2-3,6,9-13,15H,4-5,7-8H2,1H3,(H,28,33). The molecule has 5 aromatic rings. The van der Waals surface area contributed by atoms with Gasteiger partial charge in [0.2, 0.25) is 11.6 Å². The summed E-state index contributed by atoms with van der Waals surface area (Å²) in [5.74, 6) is 2.39. The zero-order valence-corrected chi connectivity index (χ0v) is 20.1. The molecule has 1 fully saturated rings. The molecule has 194 valence electrons. The van der Waals surface area contributed by atoms with E-state index in [4.69, 9.17) is 0 Å². The van der Waals surface area contributed by atoms with Crippen LogP contribution in [0.3, 0.4) is 0 Å². The summed E-state index contributed by atoms with van der Waals surface area (Å²) in [5, 5.41) is 16.2. The number of piperidine rings is 1. The van der Waals surface area contributed by atoms with Gasteiger partial charge in [0, 0.05) is 43.8 Å². The van der Waals surface area contributed by atoms with Gasteiger partial charge in [0.25, 0.3) is 0 Å². The Bertz CT molecular complexity index is 1560. The second kappa shape index (κ2) is 9.32. The normalized spacial score (nSPS) is 14.8. The van der Waals surface area contributed by atoms with Gasteiger partial charge >= 0.3 is 6.18 Å². The predicted octanol–water partition coefficient (Wildman–Crippen LogP) is 3.34. The minimum absolute atomic E-state index is 0.108. The van der Waals surface area contributed by atoms with Crippen molar-refractivity contribution in [2.45, 2.75) is 31.9 Å². The Morgan fingerprint density at radius 3 is 2.50 bits per heavy atom. The number of aryl methyl sites for hydroxylation is 1. The van der Waals surface area contributed by atoms with Gasteiger partial charge in [-0.3, -0.25) is 4.40 Å². The first-order valence-electron chi connectivity index (χ1n) is 11.8. The van der Waals surface area contributed by atoms with Gasteiger partial charge in [-0.05, 0) is 31.9 Å². The Balaban J connectivity index is 1.17. The van der Waals surface area contributed by atoms with Crippen molar-refractivity contribution in [3.8, 4) is 5.82 Å². The van der Waals surface area contributed by atoms with Crippen molar-refractivity contribution in [3.63, 3.8) is 0 Å². The number of hydrogen-bond donors (Lipinski definition) is 1. The van der Waals surface area contributed by atoms with E-state index in [9.17, 15) is 13.2 Å². The summed E-state index contributed by atoms with van der Waals surface area (Å²) in [6.45, 7) is 3.06. The summed E-state index contributed by atoms with van der Waals surface area (Å²) in [5.41, 5.74) is 1.24. The summed E-state index contributed by atoms with van der Waals surface area (Å²) in [7, 11) is 0. The topological polar surface area (TPSA) is 128 Å². The number of nitrogens with zero attached hydrogens (tertiary/aromatic N) is 11. The van der Waals surface area contributed by atoms with E-state index in [1.165, 1.54) is 6.33 Å². The zero-order chi connectivity index (χ0) is 26.3. The Morgan fingerprint density at radius 2 is 1.82 bits per heavy atom. The van der Waals surface area contributed by atoms with Crippen LogP contribution in [0, 0.1) is 6.92 Å². The smallest absolute Gasteiger partial charge is 0.341 e. The maximum atomic E-state index is 12.8. The summed E-state index contributed by atoms with van der Waals surface area (Å²) in [6, 6.07) is 3.72. The SMILES string of the molecule is Cc1nc(-n2cncn2)ccc1Nc1nccn2c(C3CCN(c4ncc(C(F)(F)F)cn4)CC3)nnc12. The van der Waals surface area contributed by atoms with E-state index in [1.807, 2.05) is 34.6 Å². The van der Waals surface area contributed by atoms with Crippen molar-refractivity contribution in [2.75, 3.05) is 23.3 Å². The lowest BCUT2D eigenvalue weighted by Crippen LogP contribution is -2.34. The van der Waals surface area contributed by atoms with Gasteiger partial charge in [0.05, 0.1) is 16.9 Å². The van der Waals surface area contributed by atoms with Crippen LogP contribution >= 0.6 is 0 Å². The van der Waals surface area contributed by atoms with Gasteiger partial charge in [-0.2, -0.15) is 18.3 Å². The molecular formula is C23H21F3N12. The second-order valence-electron chi connectivity index (χ2n) is 8.83. The molecule has 0 unspecified atom stereocenters. The van der Waals surface area contributed by atoms with E-state index in [0.717, 1.165) is 42.4 Å². The lowest BCUT2D eigenvalue weighted by atomic mass is 9.96. The molecular weight excluding hydrogens is 501 g/mol. The van der Waals surface area contributed by atoms with Crippen LogP contribution in [0.1, 0.15) is 35.8 Å². The minimum Gasteiger partial charge on any atom is -0.341 e. The van der Waals surface area contributed by atoms with Crippen LogP contribution in [-0.4, -0.2) is 62.4 Å². The maximum Gasteiger partial charge on any atom is 0.419 e. The highest BCUT2D eigenvalue weighted by molar-refractivity contribution is 5.70. The lowest BCUT2D eigenvalue weighted by molar-refractivity contribution is -0.138. The number of fused-ring (bicyclic) bond motifs is 1. The van der Waals surface area contributed by atoms with Crippen LogP contribution in [0.25, 0.3) is 11.5 Å². The van der Waals surface area contributed by atoms with Crippen molar-refractivity contribution < 1.29 is 13.2 Å². The molecule has 0 aliphatic carbocycles. The molecule has 0 bridgehead atoms. The molecule has 12 nitrogen and oxygen atoms in total. The van der Waals surface area contributed by atoms with Gasteiger partial charge in [-0.1, -0.05) is 0 Å². The van der Waals surface area contributed by atoms with E-state index in [1.54, 1.807) is 17.2 Å². The number of halogens is 3. The number of nitrogens with one attached hydrogen (secondary N) is 1. The number of aromatic nitrogens is 10. The number of pyridine rings is 1. The van der Waals surface area contributed by atoms with Gasteiger partial charge in [-0.15, -0.1) is 10.2 Å². The van der Waals surface area contributed by atoms with E-state index in [2.05, 4.69) is 45.5 Å². The van der Waals surface area contributed by atoms with E-state index >= 15 is 0 Å². The highest BCUT2D eigenvalue weighted by Gasteiger charge is 2.32. The highest BCUT2D eigenvalue weighted by Crippen LogP contribution is 2.32. The molecule has 0 atom stereocenters. The Kier molecular flexibility index (Phi) is 5.81.